The smallest absolute Gasteiger partial charge is 0.220 e. The molecule has 2 rings (SSSR count). The van der Waals surface area contributed by atoms with Crippen molar-refractivity contribution in [2.24, 2.45) is 0 Å². The number of hydrogen-bond donors (Lipinski definition) is 2. The van der Waals surface area contributed by atoms with E-state index in [1.54, 1.807) is 19.5 Å². The van der Waals surface area contributed by atoms with Gasteiger partial charge in [-0.2, -0.15) is 0 Å². The molecule has 1 aromatic heterocycles. The number of aryl methyl sites for hydroxylation is 1. The summed E-state index contributed by atoms with van der Waals surface area (Å²) in [6.45, 7) is 0. The number of aliphatic hydroxyl groups is 1. The largest absolute Gasteiger partial charge is 0.388 e. The number of rotatable bonds is 5. The summed E-state index contributed by atoms with van der Waals surface area (Å²) < 4.78 is 5.15. The van der Waals surface area contributed by atoms with Crippen LogP contribution >= 0.6 is 0 Å². The minimum atomic E-state index is -0.604. The van der Waals surface area contributed by atoms with Gasteiger partial charge in [-0.15, -0.1) is 0 Å². The topological polar surface area (TPSA) is 71.5 Å². The third kappa shape index (κ3) is 3.75. The van der Waals surface area contributed by atoms with Crippen LogP contribution in [0.5, 0.6) is 0 Å². The standard InChI is InChI=1S/C14H20N2O3/c1-19-12-6-5-11(14(12)18)16-13(17)7-4-10-3-2-8-15-9-10/h2-3,8-9,11-12,14,18H,4-7H2,1H3,(H,16,17)/t11-,12-,14-/m1/s1. The first-order valence-electron chi connectivity index (χ1n) is 6.60. The summed E-state index contributed by atoms with van der Waals surface area (Å²) in [4.78, 5) is 15.8. The zero-order valence-electron chi connectivity index (χ0n) is 11.1. The van der Waals surface area contributed by atoms with E-state index in [4.69, 9.17) is 4.74 Å². The second-order valence-corrected chi connectivity index (χ2v) is 4.88. The average molecular weight is 264 g/mol. The maximum atomic E-state index is 11.8. The van der Waals surface area contributed by atoms with Crippen LogP contribution in [-0.4, -0.2) is 41.4 Å². The lowest BCUT2D eigenvalue weighted by Gasteiger charge is -2.19. The number of amides is 1. The first-order valence-corrected chi connectivity index (χ1v) is 6.60. The maximum absolute atomic E-state index is 11.8. The Hall–Kier alpha value is -1.46. The lowest BCUT2D eigenvalue weighted by molar-refractivity contribution is -0.122. The maximum Gasteiger partial charge on any atom is 0.220 e. The number of carbonyl (C=O) groups excluding carboxylic acids is 1. The van der Waals surface area contributed by atoms with Gasteiger partial charge in [-0.3, -0.25) is 9.78 Å². The second-order valence-electron chi connectivity index (χ2n) is 4.88. The molecule has 0 radical (unpaired) electrons. The number of ether oxygens (including phenoxy) is 1. The molecule has 0 unspecified atom stereocenters. The van der Waals surface area contributed by atoms with E-state index >= 15 is 0 Å². The van der Waals surface area contributed by atoms with E-state index in [1.165, 1.54) is 0 Å². The minimum absolute atomic E-state index is 0.0374. The molecule has 1 saturated carbocycles. The number of pyridine rings is 1. The molecule has 1 aliphatic rings. The summed E-state index contributed by atoms with van der Waals surface area (Å²) in [6.07, 6.45) is 5.32. The summed E-state index contributed by atoms with van der Waals surface area (Å²) in [6, 6.07) is 3.62. The van der Waals surface area contributed by atoms with E-state index < -0.39 is 6.10 Å². The third-order valence-corrected chi connectivity index (χ3v) is 3.57. The number of nitrogens with zero attached hydrogens (tertiary/aromatic N) is 1. The Morgan fingerprint density at radius 3 is 3.05 bits per heavy atom. The van der Waals surface area contributed by atoms with Gasteiger partial charge in [0.05, 0.1) is 12.1 Å². The molecule has 1 fully saturated rings. The first-order chi connectivity index (χ1) is 9.20. The predicted octanol–water partition coefficient (Wildman–Crippen LogP) is 0.669. The van der Waals surface area contributed by atoms with Crippen molar-refractivity contribution < 1.29 is 14.6 Å². The molecule has 1 amide bonds. The molecule has 1 heterocycles. The molecule has 5 heteroatoms. The summed E-state index contributed by atoms with van der Waals surface area (Å²) in [5.41, 5.74) is 1.04. The molecular weight excluding hydrogens is 244 g/mol. The van der Waals surface area contributed by atoms with Crippen molar-refractivity contribution in [1.82, 2.24) is 10.3 Å². The number of aliphatic hydroxyl groups excluding tert-OH is 1. The lowest BCUT2D eigenvalue weighted by atomic mass is 10.1. The summed E-state index contributed by atoms with van der Waals surface area (Å²) in [7, 11) is 1.58. The van der Waals surface area contributed by atoms with Crippen LogP contribution < -0.4 is 5.32 Å². The average Bonchev–Trinajstić information content (AvgIpc) is 2.78. The van der Waals surface area contributed by atoms with Gasteiger partial charge in [0.2, 0.25) is 5.91 Å². The Morgan fingerprint density at radius 1 is 1.58 bits per heavy atom. The number of hydrogen-bond acceptors (Lipinski definition) is 4. The van der Waals surface area contributed by atoms with E-state index in [9.17, 15) is 9.90 Å². The highest BCUT2D eigenvalue weighted by atomic mass is 16.5. The first kappa shape index (κ1) is 14.0. The van der Waals surface area contributed by atoms with Gasteiger partial charge in [-0.25, -0.2) is 0 Å². The Labute approximate surface area is 113 Å². The van der Waals surface area contributed by atoms with Gasteiger partial charge in [0.25, 0.3) is 0 Å². The molecule has 0 aliphatic heterocycles. The van der Waals surface area contributed by atoms with Gasteiger partial charge in [-0.1, -0.05) is 6.07 Å². The van der Waals surface area contributed by atoms with Crippen LogP contribution in [0.3, 0.4) is 0 Å². The van der Waals surface area contributed by atoms with Crippen molar-refractivity contribution in [2.45, 2.75) is 43.9 Å². The number of aromatic nitrogens is 1. The molecule has 5 nitrogen and oxygen atoms in total. The highest BCUT2D eigenvalue weighted by Gasteiger charge is 2.35. The molecular formula is C14H20N2O3. The van der Waals surface area contributed by atoms with E-state index in [0.29, 0.717) is 12.8 Å². The molecule has 0 spiro atoms. The third-order valence-electron chi connectivity index (χ3n) is 3.57. The quantitative estimate of drug-likeness (QED) is 0.820. The van der Waals surface area contributed by atoms with Crippen LogP contribution in [0.15, 0.2) is 24.5 Å². The van der Waals surface area contributed by atoms with Gasteiger partial charge in [0, 0.05) is 25.9 Å². The van der Waals surface area contributed by atoms with Crippen LogP contribution in [0, 0.1) is 0 Å². The SMILES string of the molecule is CO[C@@H]1CC[C@@H](NC(=O)CCc2cccnc2)[C@H]1O. The summed E-state index contributed by atoms with van der Waals surface area (Å²) in [5, 5.41) is 12.8. The predicted molar refractivity (Wildman–Crippen MR) is 70.5 cm³/mol. The van der Waals surface area contributed by atoms with Crippen molar-refractivity contribution >= 4 is 5.91 Å². The van der Waals surface area contributed by atoms with Gasteiger partial charge in [0.15, 0.2) is 0 Å². The van der Waals surface area contributed by atoms with Crippen LogP contribution in [0.1, 0.15) is 24.8 Å². The number of nitrogens with one attached hydrogen (secondary N) is 1. The van der Waals surface area contributed by atoms with Crippen molar-refractivity contribution in [1.29, 1.82) is 0 Å². The van der Waals surface area contributed by atoms with E-state index in [0.717, 1.165) is 18.4 Å². The van der Waals surface area contributed by atoms with Crippen LogP contribution in [0.2, 0.25) is 0 Å². The molecule has 1 aliphatic carbocycles. The molecule has 19 heavy (non-hydrogen) atoms. The van der Waals surface area contributed by atoms with Crippen LogP contribution in [0.25, 0.3) is 0 Å². The van der Waals surface area contributed by atoms with E-state index in [2.05, 4.69) is 10.3 Å². The molecule has 1 aromatic rings. The van der Waals surface area contributed by atoms with Gasteiger partial charge < -0.3 is 15.2 Å². The fraction of sp³-hybridized carbons (Fsp3) is 0.571. The van der Waals surface area contributed by atoms with Gasteiger partial charge >= 0.3 is 0 Å². The Kier molecular flexibility index (Phi) is 4.87. The Morgan fingerprint density at radius 2 is 2.42 bits per heavy atom. The highest BCUT2D eigenvalue weighted by Crippen LogP contribution is 2.22. The fourth-order valence-corrected chi connectivity index (χ4v) is 2.44. The normalized spacial score (nSPS) is 26.3. The zero-order valence-corrected chi connectivity index (χ0v) is 11.1. The van der Waals surface area contributed by atoms with Gasteiger partial charge in [0.1, 0.15) is 6.10 Å². The monoisotopic (exact) mass is 264 g/mol. The molecule has 0 aromatic carbocycles. The van der Waals surface area contributed by atoms with Crippen LogP contribution in [-0.2, 0) is 16.0 Å². The summed E-state index contributed by atoms with van der Waals surface area (Å²) in [5.74, 6) is -0.0374. The molecule has 104 valence electrons. The van der Waals surface area contributed by atoms with Crippen LogP contribution in [0.4, 0.5) is 0 Å². The van der Waals surface area contributed by atoms with E-state index in [-0.39, 0.29) is 18.1 Å². The zero-order chi connectivity index (χ0) is 13.7. The van der Waals surface area contributed by atoms with E-state index in [1.807, 2.05) is 12.1 Å². The lowest BCUT2D eigenvalue weighted by Crippen LogP contribution is -2.43. The second kappa shape index (κ2) is 6.63. The van der Waals surface area contributed by atoms with Gasteiger partial charge in [-0.05, 0) is 30.9 Å². The molecule has 0 bridgehead atoms. The van der Waals surface area contributed by atoms with Crippen molar-refractivity contribution in [2.75, 3.05) is 7.11 Å². The fourth-order valence-electron chi connectivity index (χ4n) is 2.44. The Balaban J connectivity index is 1.76. The van der Waals surface area contributed by atoms with Crippen molar-refractivity contribution in [3.63, 3.8) is 0 Å². The number of carbonyl (C=O) groups is 1. The highest BCUT2D eigenvalue weighted by molar-refractivity contribution is 5.76. The molecule has 0 saturated heterocycles. The molecule has 3 atom stereocenters. The van der Waals surface area contributed by atoms with Crippen molar-refractivity contribution in [3.8, 4) is 0 Å². The number of methoxy groups -OCH3 is 1. The summed E-state index contributed by atoms with van der Waals surface area (Å²) >= 11 is 0. The molecule has 2 N–H and O–H groups in total. The Bertz CT molecular complexity index is 410. The minimum Gasteiger partial charge on any atom is -0.388 e. The van der Waals surface area contributed by atoms with Crippen molar-refractivity contribution in [3.05, 3.63) is 30.1 Å².